The first-order valence-corrected chi connectivity index (χ1v) is 8.29. The highest BCUT2D eigenvalue weighted by Crippen LogP contribution is 2.30. The highest BCUT2D eigenvalue weighted by Gasteiger charge is 2.17. The summed E-state index contributed by atoms with van der Waals surface area (Å²) in [4.78, 5) is 6.99. The first-order chi connectivity index (χ1) is 11.5. The molecule has 0 radical (unpaired) electrons. The molecule has 0 atom stereocenters. The molecule has 0 aliphatic carbocycles. The van der Waals surface area contributed by atoms with E-state index < -0.39 is 0 Å². The van der Waals surface area contributed by atoms with E-state index in [0.717, 1.165) is 52.6 Å². The molecule has 2 aromatic heterocycles. The van der Waals surface area contributed by atoms with Crippen LogP contribution < -0.4 is 5.32 Å². The molecule has 5 nitrogen and oxygen atoms in total. The average Bonchev–Trinajstić information content (AvgIpc) is 2.87. The molecule has 5 heteroatoms. The molecule has 0 aliphatic rings. The Hall–Kier alpha value is -2.40. The van der Waals surface area contributed by atoms with Gasteiger partial charge < -0.3 is 10.2 Å². The number of nitrogens with zero attached hydrogens (tertiary/aromatic N) is 4. The van der Waals surface area contributed by atoms with Gasteiger partial charge in [-0.05, 0) is 40.4 Å². The van der Waals surface area contributed by atoms with Crippen LogP contribution in [0.3, 0.4) is 0 Å². The number of rotatable bonds is 5. The van der Waals surface area contributed by atoms with Gasteiger partial charge >= 0.3 is 0 Å². The van der Waals surface area contributed by atoms with Crippen LogP contribution in [0.5, 0.6) is 0 Å². The Morgan fingerprint density at radius 3 is 2.42 bits per heavy atom. The summed E-state index contributed by atoms with van der Waals surface area (Å²) in [5, 5.41) is 8.31. The molecule has 0 bridgehead atoms. The zero-order chi connectivity index (χ0) is 17.3. The molecule has 0 saturated carbocycles. The summed E-state index contributed by atoms with van der Waals surface area (Å²) in [5.74, 6) is 1.03. The fourth-order valence-corrected chi connectivity index (χ4v) is 2.90. The number of aryl methyl sites for hydroxylation is 2. The summed E-state index contributed by atoms with van der Waals surface area (Å²) in [6.45, 7) is 8.04. The van der Waals surface area contributed by atoms with Gasteiger partial charge in [-0.15, -0.1) is 0 Å². The van der Waals surface area contributed by atoms with Gasteiger partial charge in [0.2, 0.25) is 0 Å². The molecule has 1 N–H and O–H groups in total. The van der Waals surface area contributed by atoms with Gasteiger partial charge in [0, 0.05) is 29.9 Å². The Kier molecular flexibility index (Phi) is 4.53. The third-order valence-electron chi connectivity index (χ3n) is 4.33. The van der Waals surface area contributed by atoms with Crippen LogP contribution in [0, 0.1) is 20.8 Å². The zero-order valence-electron chi connectivity index (χ0n) is 15.1. The van der Waals surface area contributed by atoms with Crippen molar-refractivity contribution < 1.29 is 0 Å². The molecular weight excluding hydrogens is 298 g/mol. The summed E-state index contributed by atoms with van der Waals surface area (Å²) in [6, 6.07) is 10.4. The molecule has 3 rings (SSSR count). The minimum Gasteiger partial charge on any atom is -0.368 e. The van der Waals surface area contributed by atoms with E-state index in [4.69, 9.17) is 10.1 Å². The van der Waals surface area contributed by atoms with Crippen LogP contribution in [-0.2, 0) is 0 Å². The first-order valence-electron chi connectivity index (χ1n) is 8.29. The maximum atomic E-state index is 4.83. The van der Waals surface area contributed by atoms with Crippen molar-refractivity contribution in [2.24, 2.45) is 0 Å². The summed E-state index contributed by atoms with van der Waals surface area (Å²) in [7, 11) is 4.15. The smallest absolute Gasteiger partial charge is 0.165 e. The normalized spacial score (nSPS) is 11.4. The van der Waals surface area contributed by atoms with Crippen LogP contribution >= 0.6 is 0 Å². The lowest BCUT2D eigenvalue weighted by atomic mass is 10.1. The Morgan fingerprint density at radius 2 is 1.75 bits per heavy atom. The number of hydrogen-bond acceptors (Lipinski definition) is 4. The van der Waals surface area contributed by atoms with E-state index in [-0.39, 0.29) is 0 Å². The number of likely N-dealkylation sites (N-methyl/N-ethyl adjacent to an activating group) is 1. The van der Waals surface area contributed by atoms with Gasteiger partial charge in [-0.3, -0.25) is 0 Å². The van der Waals surface area contributed by atoms with Crippen LogP contribution in [0.25, 0.3) is 16.8 Å². The molecule has 0 spiro atoms. The van der Waals surface area contributed by atoms with E-state index in [9.17, 15) is 0 Å². The number of aromatic nitrogens is 3. The summed E-state index contributed by atoms with van der Waals surface area (Å²) in [5.41, 5.74) is 6.34. The van der Waals surface area contributed by atoms with Gasteiger partial charge in [-0.1, -0.05) is 30.3 Å². The van der Waals surface area contributed by atoms with E-state index >= 15 is 0 Å². The molecule has 1 aromatic carbocycles. The van der Waals surface area contributed by atoms with Crippen LogP contribution in [0.4, 0.5) is 5.82 Å². The number of fused-ring (bicyclic) bond motifs is 1. The quantitative estimate of drug-likeness (QED) is 0.782. The third-order valence-corrected chi connectivity index (χ3v) is 4.33. The topological polar surface area (TPSA) is 45.5 Å². The van der Waals surface area contributed by atoms with Crippen molar-refractivity contribution in [2.45, 2.75) is 20.8 Å². The highest BCUT2D eigenvalue weighted by atomic mass is 15.3. The lowest BCUT2D eigenvalue weighted by molar-refractivity contribution is 0.425. The predicted octanol–water partition coefficient (Wildman–Crippen LogP) is 3.30. The SMILES string of the molecule is Cc1nc2c(-c3ccccc3)c(C)nn2c(NCCN(C)C)c1C. The van der Waals surface area contributed by atoms with Gasteiger partial charge in [-0.25, -0.2) is 4.98 Å². The molecular formula is C19H25N5. The number of benzene rings is 1. The van der Waals surface area contributed by atoms with Crippen molar-refractivity contribution in [2.75, 3.05) is 32.5 Å². The lowest BCUT2D eigenvalue weighted by Crippen LogP contribution is -2.22. The Bertz CT molecular complexity index is 849. The fourth-order valence-electron chi connectivity index (χ4n) is 2.90. The van der Waals surface area contributed by atoms with Crippen molar-refractivity contribution in [3.05, 3.63) is 47.3 Å². The monoisotopic (exact) mass is 323 g/mol. The summed E-state index contributed by atoms with van der Waals surface area (Å²) < 4.78 is 1.95. The highest BCUT2D eigenvalue weighted by molar-refractivity contribution is 5.81. The zero-order valence-corrected chi connectivity index (χ0v) is 15.1. The lowest BCUT2D eigenvalue weighted by Gasteiger charge is -2.15. The molecule has 0 unspecified atom stereocenters. The minimum atomic E-state index is 0.867. The van der Waals surface area contributed by atoms with E-state index in [1.54, 1.807) is 0 Å². The molecule has 0 saturated heterocycles. The number of hydrogen-bond donors (Lipinski definition) is 1. The van der Waals surface area contributed by atoms with Gasteiger partial charge in [-0.2, -0.15) is 9.61 Å². The second-order valence-electron chi connectivity index (χ2n) is 6.46. The van der Waals surface area contributed by atoms with Crippen molar-refractivity contribution in [3.63, 3.8) is 0 Å². The summed E-state index contributed by atoms with van der Waals surface area (Å²) >= 11 is 0. The number of nitrogens with one attached hydrogen (secondary N) is 1. The second kappa shape index (κ2) is 6.61. The van der Waals surface area contributed by atoms with Gasteiger partial charge in [0.25, 0.3) is 0 Å². The van der Waals surface area contributed by atoms with Crippen LogP contribution in [-0.4, -0.2) is 46.7 Å². The Balaban J connectivity index is 2.14. The maximum absolute atomic E-state index is 4.83. The predicted molar refractivity (Wildman–Crippen MR) is 99.7 cm³/mol. The van der Waals surface area contributed by atoms with Gasteiger partial charge in [0.1, 0.15) is 5.82 Å². The molecule has 126 valence electrons. The van der Waals surface area contributed by atoms with Crippen LogP contribution in [0.2, 0.25) is 0 Å². The number of anilines is 1. The second-order valence-corrected chi connectivity index (χ2v) is 6.46. The Morgan fingerprint density at radius 1 is 1.04 bits per heavy atom. The third kappa shape index (κ3) is 2.99. The molecule has 24 heavy (non-hydrogen) atoms. The largest absolute Gasteiger partial charge is 0.368 e. The molecule has 2 heterocycles. The fraction of sp³-hybridized carbons (Fsp3) is 0.368. The molecule has 0 aliphatic heterocycles. The van der Waals surface area contributed by atoms with E-state index in [2.05, 4.69) is 62.4 Å². The standard InChI is InChI=1S/C19H25N5/c1-13-14(2)21-19-17(16-9-7-6-8-10-16)15(3)22-24(19)18(13)20-11-12-23(4)5/h6-10,20H,11-12H2,1-5H3. The molecule has 0 fully saturated rings. The van der Waals surface area contributed by atoms with Crippen molar-refractivity contribution in [1.29, 1.82) is 0 Å². The van der Waals surface area contributed by atoms with E-state index in [1.807, 2.05) is 17.5 Å². The summed E-state index contributed by atoms with van der Waals surface area (Å²) in [6.07, 6.45) is 0. The van der Waals surface area contributed by atoms with Crippen molar-refractivity contribution in [3.8, 4) is 11.1 Å². The maximum Gasteiger partial charge on any atom is 0.165 e. The van der Waals surface area contributed by atoms with Crippen molar-refractivity contribution in [1.82, 2.24) is 19.5 Å². The van der Waals surface area contributed by atoms with Crippen molar-refractivity contribution >= 4 is 11.5 Å². The van der Waals surface area contributed by atoms with Gasteiger partial charge in [0.15, 0.2) is 5.65 Å². The Labute approximate surface area is 143 Å². The van der Waals surface area contributed by atoms with Gasteiger partial charge in [0.05, 0.1) is 5.69 Å². The average molecular weight is 323 g/mol. The van der Waals surface area contributed by atoms with E-state index in [1.165, 1.54) is 0 Å². The van der Waals surface area contributed by atoms with Crippen LogP contribution in [0.15, 0.2) is 30.3 Å². The molecule has 3 aromatic rings. The first kappa shape index (κ1) is 16.5. The van der Waals surface area contributed by atoms with E-state index in [0.29, 0.717) is 0 Å². The minimum absolute atomic E-state index is 0.867. The molecule has 0 amide bonds. The van der Waals surface area contributed by atoms with Crippen LogP contribution in [0.1, 0.15) is 17.0 Å².